The third kappa shape index (κ3) is 3.73. The fourth-order valence-electron chi connectivity index (χ4n) is 2.96. The molecular formula is C16H25N3O2. The molecule has 2 N–H and O–H groups in total. The number of aliphatic hydroxyl groups excluding tert-OH is 1. The number of likely N-dealkylation sites (N-methyl/N-ethyl adjacent to an activating group) is 1. The van der Waals surface area contributed by atoms with Crippen molar-refractivity contribution in [2.45, 2.75) is 51.7 Å². The first kappa shape index (κ1) is 15.8. The molecule has 5 heteroatoms. The van der Waals surface area contributed by atoms with Crippen molar-refractivity contribution in [1.82, 2.24) is 9.88 Å². The standard InChI is InChI=1S/C16H25N3O2/c1-4-17-15-10-12(9-11(2)18-15)16(21)19(3)13-7-5-6-8-14(13)20/h9-10,13-14,20H,4-8H2,1-3H3,(H,17,18). The van der Waals surface area contributed by atoms with Crippen molar-refractivity contribution in [1.29, 1.82) is 0 Å². The van der Waals surface area contributed by atoms with Crippen LogP contribution in [-0.2, 0) is 0 Å². The number of aromatic nitrogens is 1. The summed E-state index contributed by atoms with van der Waals surface area (Å²) in [6.45, 7) is 4.64. The molecule has 1 aliphatic carbocycles. The molecule has 21 heavy (non-hydrogen) atoms. The third-order valence-corrected chi connectivity index (χ3v) is 4.07. The van der Waals surface area contributed by atoms with Crippen molar-refractivity contribution in [3.05, 3.63) is 23.4 Å². The van der Waals surface area contributed by atoms with Crippen molar-refractivity contribution in [2.24, 2.45) is 0 Å². The molecule has 2 rings (SSSR count). The van der Waals surface area contributed by atoms with Gasteiger partial charge in [-0.3, -0.25) is 4.79 Å². The van der Waals surface area contributed by atoms with Crippen molar-refractivity contribution in [3.8, 4) is 0 Å². The zero-order chi connectivity index (χ0) is 15.4. The maximum Gasteiger partial charge on any atom is 0.254 e. The molecular weight excluding hydrogens is 266 g/mol. The van der Waals surface area contributed by atoms with Crippen molar-refractivity contribution in [3.63, 3.8) is 0 Å². The smallest absolute Gasteiger partial charge is 0.254 e. The summed E-state index contributed by atoms with van der Waals surface area (Å²) < 4.78 is 0. The van der Waals surface area contributed by atoms with Gasteiger partial charge in [0.2, 0.25) is 0 Å². The fraction of sp³-hybridized carbons (Fsp3) is 0.625. The van der Waals surface area contributed by atoms with Gasteiger partial charge >= 0.3 is 0 Å². The highest BCUT2D eigenvalue weighted by Crippen LogP contribution is 2.24. The van der Waals surface area contributed by atoms with Crippen LogP contribution in [0.15, 0.2) is 12.1 Å². The molecule has 2 unspecified atom stereocenters. The van der Waals surface area contributed by atoms with Gasteiger partial charge in [-0.05, 0) is 38.8 Å². The molecule has 5 nitrogen and oxygen atoms in total. The Bertz CT molecular complexity index is 504. The van der Waals surface area contributed by atoms with E-state index in [2.05, 4.69) is 10.3 Å². The Morgan fingerprint density at radius 3 is 2.81 bits per heavy atom. The molecule has 1 saturated carbocycles. The summed E-state index contributed by atoms with van der Waals surface area (Å²) in [4.78, 5) is 18.7. The lowest BCUT2D eigenvalue weighted by molar-refractivity contribution is 0.0268. The molecule has 0 aromatic carbocycles. The van der Waals surface area contributed by atoms with Crippen LogP contribution in [0.2, 0.25) is 0 Å². The maximum absolute atomic E-state index is 12.7. The first-order chi connectivity index (χ1) is 10.0. The van der Waals surface area contributed by atoms with E-state index >= 15 is 0 Å². The van der Waals surface area contributed by atoms with Crippen LogP contribution in [0.5, 0.6) is 0 Å². The maximum atomic E-state index is 12.7. The van der Waals surface area contributed by atoms with Gasteiger partial charge in [0, 0.05) is 24.8 Å². The van der Waals surface area contributed by atoms with Crippen LogP contribution < -0.4 is 5.32 Å². The van der Waals surface area contributed by atoms with E-state index in [1.807, 2.05) is 13.8 Å². The van der Waals surface area contributed by atoms with Gasteiger partial charge in [0.25, 0.3) is 5.91 Å². The Balaban J connectivity index is 2.18. The molecule has 116 valence electrons. The van der Waals surface area contributed by atoms with Gasteiger partial charge < -0.3 is 15.3 Å². The molecule has 0 bridgehead atoms. The summed E-state index contributed by atoms with van der Waals surface area (Å²) in [6.07, 6.45) is 3.34. The highest BCUT2D eigenvalue weighted by molar-refractivity contribution is 5.95. The highest BCUT2D eigenvalue weighted by atomic mass is 16.3. The highest BCUT2D eigenvalue weighted by Gasteiger charge is 2.30. The predicted molar refractivity (Wildman–Crippen MR) is 83.5 cm³/mol. The molecule has 1 aliphatic rings. The van der Waals surface area contributed by atoms with Crippen molar-refractivity contribution >= 4 is 11.7 Å². The second kappa shape index (κ2) is 6.89. The van der Waals surface area contributed by atoms with Crippen LogP contribution in [0.1, 0.15) is 48.7 Å². The van der Waals surface area contributed by atoms with E-state index in [1.54, 1.807) is 24.1 Å². The lowest BCUT2D eigenvalue weighted by Gasteiger charge is -2.35. The minimum absolute atomic E-state index is 0.0504. The number of pyridine rings is 1. The largest absolute Gasteiger partial charge is 0.391 e. The van der Waals surface area contributed by atoms with E-state index in [-0.39, 0.29) is 11.9 Å². The molecule has 2 atom stereocenters. The molecule has 1 amide bonds. The summed E-state index contributed by atoms with van der Waals surface area (Å²) in [5.41, 5.74) is 1.44. The van der Waals surface area contributed by atoms with E-state index in [0.29, 0.717) is 5.56 Å². The summed E-state index contributed by atoms with van der Waals surface area (Å²) >= 11 is 0. The molecule has 1 aromatic heterocycles. The quantitative estimate of drug-likeness (QED) is 0.892. The zero-order valence-corrected chi connectivity index (χ0v) is 13.1. The summed E-state index contributed by atoms with van der Waals surface area (Å²) in [5, 5.41) is 13.2. The Hall–Kier alpha value is -1.62. The van der Waals surface area contributed by atoms with E-state index in [1.165, 1.54) is 0 Å². The lowest BCUT2D eigenvalue weighted by atomic mass is 9.91. The number of hydrogen-bond donors (Lipinski definition) is 2. The molecule has 1 heterocycles. The number of hydrogen-bond acceptors (Lipinski definition) is 4. The monoisotopic (exact) mass is 291 g/mol. The fourth-order valence-corrected chi connectivity index (χ4v) is 2.96. The molecule has 0 spiro atoms. The van der Waals surface area contributed by atoms with Gasteiger partial charge in [-0.25, -0.2) is 4.98 Å². The second-order valence-electron chi connectivity index (χ2n) is 5.75. The molecule has 1 aromatic rings. The van der Waals surface area contributed by atoms with Crippen LogP contribution in [0.25, 0.3) is 0 Å². The van der Waals surface area contributed by atoms with Crippen LogP contribution in [0.3, 0.4) is 0 Å². The van der Waals surface area contributed by atoms with E-state index in [4.69, 9.17) is 0 Å². The summed E-state index contributed by atoms with van der Waals surface area (Å²) in [6, 6.07) is 3.50. The van der Waals surface area contributed by atoms with E-state index in [9.17, 15) is 9.90 Å². The number of aryl methyl sites for hydroxylation is 1. The first-order valence-electron chi connectivity index (χ1n) is 7.70. The van der Waals surface area contributed by atoms with Crippen molar-refractivity contribution < 1.29 is 9.90 Å². The Morgan fingerprint density at radius 2 is 2.14 bits per heavy atom. The van der Waals surface area contributed by atoms with Crippen LogP contribution in [0, 0.1) is 6.92 Å². The van der Waals surface area contributed by atoms with E-state index in [0.717, 1.165) is 43.7 Å². The van der Waals surface area contributed by atoms with Gasteiger partial charge in [0.05, 0.1) is 12.1 Å². The number of aliphatic hydroxyl groups is 1. The second-order valence-corrected chi connectivity index (χ2v) is 5.75. The lowest BCUT2D eigenvalue weighted by Crippen LogP contribution is -2.46. The van der Waals surface area contributed by atoms with E-state index < -0.39 is 6.10 Å². The number of amides is 1. The van der Waals surface area contributed by atoms with Crippen LogP contribution in [0.4, 0.5) is 5.82 Å². The summed E-state index contributed by atoms with van der Waals surface area (Å²) in [7, 11) is 1.78. The number of carbonyl (C=O) groups is 1. The Kier molecular flexibility index (Phi) is 5.17. The van der Waals surface area contributed by atoms with Gasteiger partial charge in [-0.15, -0.1) is 0 Å². The average Bonchev–Trinajstić information content (AvgIpc) is 2.46. The third-order valence-electron chi connectivity index (χ3n) is 4.07. The number of nitrogens with zero attached hydrogens (tertiary/aromatic N) is 2. The Morgan fingerprint density at radius 1 is 1.43 bits per heavy atom. The molecule has 0 radical (unpaired) electrons. The predicted octanol–water partition coefficient (Wildman–Crippen LogP) is 2.20. The first-order valence-corrected chi connectivity index (χ1v) is 7.70. The minimum Gasteiger partial charge on any atom is -0.391 e. The number of carbonyl (C=O) groups excluding carboxylic acids is 1. The summed E-state index contributed by atoms with van der Waals surface area (Å²) in [5.74, 6) is 0.670. The molecule has 0 saturated heterocycles. The number of nitrogens with one attached hydrogen (secondary N) is 1. The molecule has 0 aliphatic heterocycles. The molecule has 1 fully saturated rings. The average molecular weight is 291 g/mol. The SMILES string of the molecule is CCNc1cc(C(=O)N(C)C2CCCCC2O)cc(C)n1. The normalized spacial score (nSPS) is 21.9. The van der Waals surface area contributed by atoms with Crippen LogP contribution >= 0.6 is 0 Å². The minimum atomic E-state index is -0.413. The number of anilines is 1. The topological polar surface area (TPSA) is 65.5 Å². The van der Waals surface area contributed by atoms with Gasteiger partial charge in [-0.2, -0.15) is 0 Å². The number of rotatable bonds is 4. The van der Waals surface area contributed by atoms with Crippen molar-refractivity contribution in [2.75, 3.05) is 18.9 Å². The van der Waals surface area contributed by atoms with Gasteiger partial charge in [0.1, 0.15) is 5.82 Å². The van der Waals surface area contributed by atoms with Gasteiger partial charge in [0.15, 0.2) is 0 Å². The van der Waals surface area contributed by atoms with Crippen LogP contribution in [-0.4, -0.2) is 46.6 Å². The van der Waals surface area contributed by atoms with Gasteiger partial charge in [-0.1, -0.05) is 12.8 Å². The zero-order valence-electron chi connectivity index (χ0n) is 13.1. The Labute approximate surface area is 126 Å².